The molecule has 1 N–H and O–H groups in total. The van der Waals surface area contributed by atoms with Crippen molar-refractivity contribution in [2.45, 2.75) is 45.2 Å². The number of rotatable bonds is 3. The molecule has 1 aromatic rings. The Hall–Kier alpha value is -2.11. The van der Waals surface area contributed by atoms with Crippen LogP contribution in [0.5, 0.6) is 0 Å². The van der Waals surface area contributed by atoms with Crippen LogP contribution in [0.4, 0.5) is 10.1 Å². The van der Waals surface area contributed by atoms with Gasteiger partial charge in [0, 0.05) is 37.3 Å². The number of amides is 2. The number of anilines is 1. The van der Waals surface area contributed by atoms with Crippen molar-refractivity contribution in [3.05, 3.63) is 30.1 Å². The maximum Gasteiger partial charge on any atom is 0.241 e. The molecule has 136 valence electrons. The van der Waals surface area contributed by atoms with E-state index in [4.69, 9.17) is 0 Å². The standard InChI is InChI=1S/C19H26FN3O2/c1-13(24)21-11-18(25)22-8-7-17-14(12-22)10-19(2,3)23(17)16-6-4-5-15(20)9-16/h4-6,9,14,17H,7-8,10-12H2,1-3H3,(H,21,24)/t14-,17+/m1/s1. The van der Waals surface area contributed by atoms with Crippen LogP contribution in [0.3, 0.4) is 0 Å². The lowest BCUT2D eigenvalue weighted by atomic mass is 9.89. The molecule has 2 atom stereocenters. The molecule has 1 aromatic carbocycles. The molecule has 0 unspecified atom stereocenters. The summed E-state index contributed by atoms with van der Waals surface area (Å²) in [5, 5.41) is 2.58. The van der Waals surface area contributed by atoms with E-state index in [0.717, 1.165) is 18.5 Å². The molecule has 0 spiro atoms. The zero-order valence-electron chi connectivity index (χ0n) is 15.1. The molecule has 2 fully saturated rings. The molecule has 6 heteroatoms. The number of benzene rings is 1. The Morgan fingerprint density at radius 2 is 2.12 bits per heavy atom. The van der Waals surface area contributed by atoms with E-state index in [1.165, 1.54) is 13.0 Å². The molecule has 0 radical (unpaired) electrons. The largest absolute Gasteiger partial charge is 0.363 e. The smallest absolute Gasteiger partial charge is 0.241 e. The minimum Gasteiger partial charge on any atom is -0.363 e. The zero-order chi connectivity index (χ0) is 18.2. The van der Waals surface area contributed by atoms with Crippen molar-refractivity contribution in [3.63, 3.8) is 0 Å². The van der Waals surface area contributed by atoms with E-state index < -0.39 is 0 Å². The number of likely N-dealkylation sites (tertiary alicyclic amines) is 1. The Bertz CT molecular complexity index is 676. The first-order valence-corrected chi connectivity index (χ1v) is 8.85. The van der Waals surface area contributed by atoms with Gasteiger partial charge in [-0.15, -0.1) is 0 Å². The summed E-state index contributed by atoms with van der Waals surface area (Å²) in [6, 6.07) is 7.08. The highest BCUT2D eigenvalue weighted by molar-refractivity contribution is 5.83. The first kappa shape index (κ1) is 17.7. The van der Waals surface area contributed by atoms with Gasteiger partial charge in [0.25, 0.3) is 0 Å². The van der Waals surface area contributed by atoms with Gasteiger partial charge in [0.15, 0.2) is 0 Å². The van der Waals surface area contributed by atoms with Gasteiger partial charge in [-0.3, -0.25) is 9.59 Å². The summed E-state index contributed by atoms with van der Waals surface area (Å²) in [5.74, 6) is -0.0915. The minimum absolute atomic E-state index is 0.0318. The van der Waals surface area contributed by atoms with Gasteiger partial charge in [-0.05, 0) is 50.8 Å². The zero-order valence-corrected chi connectivity index (χ0v) is 15.1. The van der Waals surface area contributed by atoms with Crippen LogP contribution in [0.1, 0.15) is 33.6 Å². The van der Waals surface area contributed by atoms with Gasteiger partial charge in [0.2, 0.25) is 11.8 Å². The average Bonchev–Trinajstić information content (AvgIpc) is 2.81. The molecule has 25 heavy (non-hydrogen) atoms. The summed E-state index contributed by atoms with van der Waals surface area (Å²) in [6.45, 7) is 7.19. The van der Waals surface area contributed by atoms with Crippen LogP contribution in [-0.2, 0) is 9.59 Å². The first-order chi connectivity index (χ1) is 11.8. The Balaban J connectivity index is 1.74. The normalized spacial score (nSPS) is 24.8. The topological polar surface area (TPSA) is 52.7 Å². The van der Waals surface area contributed by atoms with Gasteiger partial charge < -0.3 is 15.1 Å². The van der Waals surface area contributed by atoms with Crippen molar-refractivity contribution in [3.8, 4) is 0 Å². The molecule has 2 aliphatic heterocycles. The van der Waals surface area contributed by atoms with Gasteiger partial charge >= 0.3 is 0 Å². The van der Waals surface area contributed by atoms with Crippen molar-refractivity contribution in [1.82, 2.24) is 10.2 Å². The van der Waals surface area contributed by atoms with E-state index in [-0.39, 0.29) is 29.7 Å². The Kier molecular flexibility index (Phi) is 4.71. The first-order valence-electron chi connectivity index (χ1n) is 8.85. The molecule has 2 aliphatic rings. The minimum atomic E-state index is -0.223. The molecular formula is C19H26FN3O2. The number of halogens is 1. The molecule has 5 nitrogen and oxygen atoms in total. The molecule has 2 heterocycles. The number of hydrogen-bond acceptors (Lipinski definition) is 3. The highest BCUT2D eigenvalue weighted by Gasteiger charge is 2.48. The third kappa shape index (κ3) is 3.62. The summed E-state index contributed by atoms with van der Waals surface area (Å²) in [5.41, 5.74) is 0.829. The quantitative estimate of drug-likeness (QED) is 0.912. The molecule has 0 aromatic heterocycles. The third-order valence-electron chi connectivity index (χ3n) is 5.37. The summed E-state index contributed by atoms with van der Waals surface area (Å²) in [4.78, 5) is 27.5. The van der Waals surface area contributed by atoms with E-state index in [0.29, 0.717) is 25.0 Å². The summed E-state index contributed by atoms with van der Waals surface area (Å²) in [7, 11) is 0. The van der Waals surface area contributed by atoms with Crippen LogP contribution in [0.2, 0.25) is 0 Å². The molecule has 0 aliphatic carbocycles. The second kappa shape index (κ2) is 6.65. The number of nitrogens with one attached hydrogen (secondary N) is 1. The fraction of sp³-hybridized carbons (Fsp3) is 0.579. The van der Waals surface area contributed by atoms with Crippen LogP contribution in [-0.4, -0.2) is 47.9 Å². The molecule has 0 saturated carbocycles. The lowest BCUT2D eigenvalue weighted by Gasteiger charge is -2.41. The number of fused-ring (bicyclic) bond motifs is 1. The van der Waals surface area contributed by atoms with E-state index in [9.17, 15) is 14.0 Å². The van der Waals surface area contributed by atoms with Crippen molar-refractivity contribution in [2.75, 3.05) is 24.5 Å². The van der Waals surface area contributed by atoms with Gasteiger partial charge in [-0.25, -0.2) is 4.39 Å². The van der Waals surface area contributed by atoms with Crippen molar-refractivity contribution in [2.24, 2.45) is 5.92 Å². The number of nitrogens with zero attached hydrogens (tertiary/aromatic N) is 2. The van der Waals surface area contributed by atoms with E-state index in [1.54, 1.807) is 12.1 Å². The predicted octanol–water partition coefficient (Wildman–Crippen LogP) is 2.17. The van der Waals surface area contributed by atoms with Crippen LogP contribution < -0.4 is 10.2 Å². The fourth-order valence-corrected chi connectivity index (χ4v) is 4.45. The van der Waals surface area contributed by atoms with E-state index in [2.05, 4.69) is 24.1 Å². The van der Waals surface area contributed by atoms with Gasteiger partial charge in [-0.2, -0.15) is 0 Å². The number of carbonyl (C=O) groups is 2. The summed E-state index contributed by atoms with van der Waals surface area (Å²) < 4.78 is 13.7. The maximum atomic E-state index is 13.7. The third-order valence-corrected chi connectivity index (χ3v) is 5.37. The summed E-state index contributed by atoms with van der Waals surface area (Å²) >= 11 is 0. The monoisotopic (exact) mass is 347 g/mol. The van der Waals surface area contributed by atoms with Crippen molar-refractivity contribution in [1.29, 1.82) is 0 Å². The molecule has 2 saturated heterocycles. The lowest BCUT2D eigenvalue weighted by Crippen LogP contribution is -2.51. The van der Waals surface area contributed by atoms with Gasteiger partial charge in [-0.1, -0.05) is 6.07 Å². The second-order valence-electron chi connectivity index (χ2n) is 7.73. The molecule has 0 bridgehead atoms. The van der Waals surface area contributed by atoms with Crippen LogP contribution >= 0.6 is 0 Å². The predicted molar refractivity (Wildman–Crippen MR) is 94.7 cm³/mol. The van der Waals surface area contributed by atoms with Crippen molar-refractivity contribution >= 4 is 17.5 Å². The SMILES string of the molecule is CC(=O)NCC(=O)N1CC[C@H]2[C@@H](C1)CC(C)(C)N2c1cccc(F)c1. The van der Waals surface area contributed by atoms with Gasteiger partial charge in [0.1, 0.15) is 5.82 Å². The number of hydrogen-bond donors (Lipinski definition) is 1. The van der Waals surface area contributed by atoms with Crippen LogP contribution in [0, 0.1) is 11.7 Å². The Labute approximate surface area is 148 Å². The Morgan fingerprint density at radius 1 is 1.36 bits per heavy atom. The second-order valence-corrected chi connectivity index (χ2v) is 7.73. The Morgan fingerprint density at radius 3 is 2.80 bits per heavy atom. The molecule has 3 rings (SSSR count). The lowest BCUT2D eigenvalue weighted by molar-refractivity contribution is -0.134. The van der Waals surface area contributed by atoms with E-state index in [1.807, 2.05) is 11.0 Å². The van der Waals surface area contributed by atoms with Crippen LogP contribution in [0.25, 0.3) is 0 Å². The fourth-order valence-electron chi connectivity index (χ4n) is 4.45. The summed E-state index contributed by atoms with van der Waals surface area (Å²) in [6.07, 6.45) is 1.81. The average molecular weight is 347 g/mol. The maximum absolute atomic E-state index is 13.7. The molecular weight excluding hydrogens is 321 g/mol. The highest BCUT2D eigenvalue weighted by Crippen LogP contribution is 2.44. The van der Waals surface area contributed by atoms with E-state index >= 15 is 0 Å². The number of piperidine rings is 1. The van der Waals surface area contributed by atoms with Crippen molar-refractivity contribution < 1.29 is 14.0 Å². The number of carbonyl (C=O) groups excluding carboxylic acids is 2. The van der Waals surface area contributed by atoms with Crippen LogP contribution in [0.15, 0.2) is 24.3 Å². The highest BCUT2D eigenvalue weighted by atomic mass is 19.1. The molecule has 2 amide bonds. The van der Waals surface area contributed by atoms with Gasteiger partial charge in [0.05, 0.1) is 6.54 Å².